The minimum Gasteiger partial charge on any atom is -0.457 e. The van der Waals surface area contributed by atoms with Crippen LogP contribution in [-0.2, 0) is 9.59 Å². The molecule has 2 heterocycles. The topological polar surface area (TPSA) is 117 Å². The summed E-state index contributed by atoms with van der Waals surface area (Å²) >= 11 is 0. The molecule has 0 saturated carbocycles. The number of nitriles is 1. The third-order valence-corrected chi connectivity index (χ3v) is 4.20. The van der Waals surface area contributed by atoms with E-state index in [1.54, 1.807) is 24.3 Å². The number of rotatable bonds is 3. The number of non-ortho nitro benzene ring substituents is 1. The molecule has 2 amide bonds. The largest absolute Gasteiger partial charge is 0.457 e. The minimum absolute atomic E-state index is 0.0659. The Balaban J connectivity index is 2.02. The summed E-state index contributed by atoms with van der Waals surface area (Å²) in [5, 5.41) is 20.1. The van der Waals surface area contributed by atoms with Crippen LogP contribution in [-0.4, -0.2) is 28.7 Å². The van der Waals surface area contributed by atoms with Gasteiger partial charge in [0.25, 0.3) is 17.5 Å². The molecule has 1 aliphatic rings. The van der Waals surface area contributed by atoms with Crippen LogP contribution in [0.2, 0.25) is 0 Å². The van der Waals surface area contributed by atoms with Crippen molar-refractivity contribution >= 4 is 23.6 Å². The molecular weight excluding hydrogens is 350 g/mol. The highest BCUT2D eigenvalue weighted by atomic mass is 16.6. The highest BCUT2D eigenvalue weighted by Crippen LogP contribution is 2.29. The predicted octanol–water partition coefficient (Wildman–Crippen LogP) is 3.08. The predicted molar refractivity (Wildman–Crippen MR) is 94.9 cm³/mol. The molecule has 0 aliphatic carbocycles. The van der Waals surface area contributed by atoms with Gasteiger partial charge in [-0.25, -0.2) is 0 Å². The van der Waals surface area contributed by atoms with E-state index in [4.69, 9.17) is 4.42 Å². The fourth-order valence-corrected chi connectivity index (χ4v) is 2.70. The van der Waals surface area contributed by atoms with Crippen molar-refractivity contribution in [3.63, 3.8) is 0 Å². The fraction of sp³-hybridized carbons (Fsp3) is 0.105. The molecule has 0 saturated heterocycles. The molecule has 0 fully saturated rings. The molecule has 8 heteroatoms. The average Bonchev–Trinajstić information content (AvgIpc) is 3.13. The molecular formula is C19H13N3O5. The van der Waals surface area contributed by atoms with Crippen LogP contribution in [0.15, 0.2) is 57.5 Å². The number of likely N-dealkylation sites (N-methyl/N-ethyl adjacent to an activating group) is 1. The highest BCUT2D eigenvalue weighted by molar-refractivity contribution is 6.19. The summed E-state index contributed by atoms with van der Waals surface area (Å²) in [5.41, 5.74) is 0.797. The molecule has 27 heavy (non-hydrogen) atoms. The zero-order valence-corrected chi connectivity index (χ0v) is 14.4. The van der Waals surface area contributed by atoms with Crippen LogP contribution in [0.4, 0.5) is 5.69 Å². The zero-order chi connectivity index (χ0) is 19.7. The summed E-state index contributed by atoms with van der Waals surface area (Å²) in [4.78, 5) is 35.6. The van der Waals surface area contributed by atoms with Gasteiger partial charge in [-0.1, -0.05) is 12.1 Å². The van der Waals surface area contributed by atoms with Crippen molar-refractivity contribution in [2.24, 2.45) is 0 Å². The maximum absolute atomic E-state index is 12.4. The van der Waals surface area contributed by atoms with E-state index in [-0.39, 0.29) is 22.4 Å². The normalized spacial score (nSPS) is 16.0. The van der Waals surface area contributed by atoms with Crippen LogP contribution >= 0.6 is 0 Å². The van der Waals surface area contributed by atoms with Gasteiger partial charge in [0.15, 0.2) is 0 Å². The van der Waals surface area contributed by atoms with Crippen LogP contribution in [0.1, 0.15) is 12.7 Å². The minimum atomic E-state index is -0.645. The highest BCUT2D eigenvalue weighted by Gasteiger charge is 2.33. The molecule has 8 nitrogen and oxygen atoms in total. The smallest absolute Gasteiger partial charge is 0.271 e. The van der Waals surface area contributed by atoms with Gasteiger partial charge < -0.3 is 4.42 Å². The molecule has 0 N–H and O–H groups in total. The third-order valence-electron chi connectivity index (χ3n) is 4.20. The number of amides is 2. The van der Waals surface area contributed by atoms with Crippen molar-refractivity contribution in [1.29, 1.82) is 5.26 Å². The van der Waals surface area contributed by atoms with Crippen molar-refractivity contribution in [1.82, 2.24) is 4.90 Å². The number of nitro groups is 1. The van der Waals surface area contributed by atoms with Gasteiger partial charge >= 0.3 is 0 Å². The lowest BCUT2D eigenvalue weighted by Crippen LogP contribution is -2.39. The third kappa shape index (κ3) is 3.14. The van der Waals surface area contributed by atoms with Gasteiger partial charge in [0.2, 0.25) is 0 Å². The first-order valence-corrected chi connectivity index (χ1v) is 7.83. The van der Waals surface area contributed by atoms with E-state index in [0.717, 1.165) is 4.90 Å². The summed E-state index contributed by atoms with van der Waals surface area (Å²) in [6.07, 6.45) is 1.44. The van der Waals surface area contributed by atoms with Crippen molar-refractivity contribution in [3.05, 3.63) is 69.0 Å². The summed E-state index contributed by atoms with van der Waals surface area (Å²) in [6.45, 7) is 1.53. The zero-order valence-electron chi connectivity index (χ0n) is 14.4. The standard InChI is InChI=1S/C19H13N3O5/c1-11-15(18(23)21(2)19(24)16(11)10-20)9-14-6-7-17(27-14)12-4-3-5-13(8-12)22(25)26/h3-9H,1-2H3/b15-9+. The Morgan fingerprint density at radius 2 is 1.96 bits per heavy atom. The summed E-state index contributed by atoms with van der Waals surface area (Å²) in [5.74, 6) is -0.474. The molecule has 0 atom stereocenters. The molecule has 2 aromatic rings. The quantitative estimate of drug-likeness (QED) is 0.358. The first kappa shape index (κ1) is 17.8. The van der Waals surface area contributed by atoms with Gasteiger partial charge in [-0.3, -0.25) is 24.6 Å². The van der Waals surface area contributed by atoms with Crippen molar-refractivity contribution < 1.29 is 18.9 Å². The van der Waals surface area contributed by atoms with Gasteiger partial charge in [0.1, 0.15) is 23.2 Å². The molecule has 0 spiro atoms. The van der Waals surface area contributed by atoms with E-state index >= 15 is 0 Å². The first-order chi connectivity index (χ1) is 12.8. The van der Waals surface area contributed by atoms with Crippen LogP contribution in [0.25, 0.3) is 17.4 Å². The Bertz CT molecular complexity index is 1080. The monoisotopic (exact) mass is 363 g/mol. The summed E-state index contributed by atoms with van der Waals surface area (Å²) in [6, 6.07) is 11.0. The lowest BCUT2D eigenvalue weighted by molar-refractivity contribution is -0.384. The van der Waals surface area contributed by atoms with Gasteiger partial charge in [0, 0.05) is 30.3 Å². The number of furan rings is 1. The fourth-order valence-electron chi connectivity index (χ4n) is 2.70. The van der Waals surface area contributed by atoms with Crippen LogP contribution in [0.3, 0.4) is 0 Å². The van der Waals surface area contributed by atoms with Crippen molar-refractivity contribution in [2.45, 2.75) is 6.92 Å². The Hall–Kier alpha value is -3.99. The van der Waals surface area contributed by atoms with E-state index in [0.29, 0.717) is 17.1 Å². The van der Waals surface area contributed by atoms with Crippen LogP contribution < -0.4 is 0 Å². The number of nitrogens with zero attached hydrogens (tertiary/aromatic N) is 3. The lowest BCUT2D eigenvalue weighted by atomic mass is 9.95. The molecule has 3 rings (SSSR count). The molecule has 0 unspecified atom stereocenters. The second-order valence-corrected chi connectivity index (χ2v) is 5.85. The van der Waals surface area contributed by atoms with E-state index < -0.39 is 16.7 Å². The Kier molecular flexibility index (Phi) is 4.44. The number of nitro benzene ring substituents is 1. The van der Waals surface area contributed by atoms with Gasteiger partial charge in [-0.2, -0.15) is 5.26 Å². The second kappa shape index (κ2) is 6.72. The van der Waals surface area contributed by atoms with Crippen molar-refractivity contribution in [2.75, 3.05) is 7.05 Å². The van der Waals surface area contributed by atoms with E-state index in [2.05, 4.69) is 0 Å². The van der Waals surface area contributed by atoms with Gasteiger partial charge in [-0.15, -0.1) is 0 Å². The molecule has 1 aromatic carbocycles. The molecule has 1 aromatic heterocycles. The van der Waals surface area contributed by atoms with Gasteiger partial charge in [0.05, 0.1) is 4.92 Å². The number of carbonyl (C=O) groups is 2. The Morgan fingerprint density at radius 1 is 1.22 bits per heavy atom. The van der Waals surface area contributed by atoms with Crippen molar-refractivity contribution in [3.8, 4) is 17.4 Å². The number of hydrogen-bond donors (Lipinski definition) is 0. The van der Waals surface area contributed by atoms with Gasteiger partial charge in [-0.05, 0) is 30.7 Å². The van der Waals surface area contributed by atoms with Crippen LogP contribution in [0, 0.1) is 21.4 Å². The second-order valence-electron chi connectivity index (χ2n) is 5.85. The van der Waals surface area contributed by atoms with E-state index in [1.807, 2.05) is 6.07 Å². The SMILES string of the molecule is CC1=C(C#N)C(=O)N(C)C(=O)/C1=C/c1ccc(-c2cccc([N+](=O)[O-])c2)o1. The molecule has 1 aliphatic heterocycles. The number of carbonyl (C=O) groups excluding carboxylic acids is 2. The van der Waals surface area contributed by atoms with E-state index in [9.17, 15) is 25.0 Å². The number of imide groups is 1. The molecule has 0 radical (unpaired) electrons. The van der Waals surface area contributed by atoms with E-state index in [1.165, 1.54) is 32.2 Å². The Labute approximate surface area is 153 Å². The maximum Gasteiger partial charge on any atom is 0.271 e. The summed E-state index contributed by atoms with van der Waals surface area (Å²) in [7, 11) is 1.30. The maximum atomic E-state index is 12.4. The number of hydrogen-bond acceptors (Lipinski definition) is 6. The molecule has 134 valence electrons. The molecule has 0 bridgehead atoms. The summed E-state index contributed by atoms with van der Waals surface area (Å²) < 4.78 is 5.67. The lowest BCUT2D eigenvalue weighted by Gasteiger charge is -2.23. The average molecular weight is 363 g/mol. The first-order valence-electron chi connectivity index (χ1n) is 7.83. The number of benzene rings is 1. The Morgan fingerprint density at radius 3 is 2.63 bits per heavy atom. The van der Waals surface area contributed by atoms with Crippen LogP contribution in [0.5, 0.6) is 0 Å².